The van der Waals surface area contributed by atoms with Crippen LogP contribution in [0.5, 0.6) is 0 Å². The van der Waals surface area contributed by atoms with Crippen molar-refractivity contribution in [1.82, 2.24) is 15.1 Å². The zero-order chi connectivity index (χ0) is 9.68. The van der Waals surface area contributed by atoms with E-state index in [0.29, 0.717) is 18.7 Å². The van der Waals surface area contributed by atoms with Gasteiger partial charge in [-0.3, -0.25) is 9.48 Å². The minimum absolute atomic E-state index is 0.0145. The lowest BCUT2D eigenvalue weighted by Crippen LogP contribution is -2.23. The number of nitrogens with one attached hydrogen (secondary N) is 1. The van der Waals surface area contributed by atoms with Gasteiger partial charge in [0.25, 0.3) is 0 Å². The maximum atomic E-state index is 11.0. The largest absolute Gasteiger partial charge is 0.350 e. The molecule has 5 heteroatoms. The minimum atomic E-state index is 0.0145. The van der Waals surface area contributed by atoms with E-state index in [1.807, 2.05) is 19.3 Å². The van der Waals surface area contributed by atoms with Crippen molar-refractivity contribution in [2.24, 2.45) is 7.05 Å². The van der Waals surface area contributed by atoms with Crippen LogP contribution in [-0.4, -0.2) is 21.4 Å². The number of hydrogen-bond donors (Lipinski definition) is 2. The molecule has 13 heavy (non-hydrogen) atoms. The van der Waals surface area contributed by atoms with Crippen molar-refractivity contribution in [2.45, 2.75) is 13.0 Å². The summed E-state index contributed by atoms with van der Waals surface area (Å²) in [6, 6.07) is 1.88. The summed E-state index contributed by atoms with van der Waals surface area (Å²) in [5.41, 5.74) is 0.870. The molecule has 0 bridgehead atoms. The van der Waals surface area contributed by atoms with Crippen LogP contribution in [0.25, 0.3) is 0 Å². The van der Waals surface area contributed by atoms with Crippen molar-refractivity contribution in [2.75, 3.05) is 5.75 Å². The van der Waals surface area contributed by atoms with Crippen molar-refractivity contribution < 1.29 is 4.79 Å². The fraction of sp³-hybridized carbons (Fsp3) is 0.500. The molecule has 1 heterocycles. The Morgan fingerprint density at radius 1 is 1.77 bits per heavy atom. The van der Waals surface area contributed by atoms with E-state index in [1.54, 1.807) is 4.68 Å². The van der Waals surface area contributed by atoms with Gasteiger partial charge >= 0.3 is 0 Å². The topological polar surface area (TPSA) is 46.9 Å². The molecule has 4 nitrogen and oxygen atoms in total. The number of rotatable bonds is 4. The Labute approximate surface area is 82.7 Å². The fourth-order valence-corrected chi connectivity index (χ4v) is 1.14. The second-order valence-corrected chi connectivity index (χ2v) is 3.18. The molecule has 1 aromatic heterocycles. The first-order valence-corrected chi connectivity index (χ1v) is 4.71. The summed E-state index contributed by atoms with van der Waals surface area (Å²) in [6.45, 7) is 0.494. The van der Waals surface area contributed by atoms with Crippen LogP contribution in [0.3, 0.4) is 0 Å². The van der Waals surface area contributed by atoms with Gasteiger partial charge in [-0.15, -0.1) is 0 Å². The van der Waals surface area contributed by atoms with Crippen molar-refractivity contribution in [3.05, 3.63) is 18.0 Å². The zero-order valence-electron chi connectivity index (χ0n) is 7.53. The molecule has 0 saturated heterocycles. The van der Waals surface area contributed by atoms with Gasteiger partial charge in [-0.25, -0.2) is 0 Å². The number of aryl methyl sites for hydroxylation is 1. The predicted molar refractivity (Wildman–Crippen MR) is 53.5 cm³/mol. The number of carbonyl (C=O) groups is 1. The average molecular weight is 199 g/mol. The molecule has 0 saturated carbocycles. The lowest BCUT2D eigenvalue weighted by atomic mass is 10.4. The van der Waals surface area contributed by atoms with Gasteiger partial charge in [0.15, 0.2) is 0 Å². The number of carbonyl (C=O) groups excluding carboxylic acids is 1. The molecule has 0 aliphatic carbocycles. The summed E-state index contributed by atoms with van der Waals surface area (Å²) < 4.78 is 1.71. The normalized spacial score (nSPS) is 10.0. The van der Waals surface area contributed by atoms with Crippen LogP contribution >= 0.6 is 12.6 Å². The number of hydrogen-bond acceptors (Lipinski definition) is 3. The molecule has 0 fully saturated rings. The third-order valence-electron chi connectivity index (χ3n) is 1.57. The highest BCUT2D eigenvalue weighted by Crippen LogP contribution is 1.93. The van der Waals surface area contributed by atoms with Crippen LogP contribution in [0.15, 0.2) is 12.3 Å². The minimum Gasteiger partial charge on any atom is -0.350 e. The molecule has 0 aromatic carbocycles. The van der Waals surface area contributed by atoms with Gasteiger partial charge in [0.2, 0.25) is 5.91 Å². The third-order valence-corrected chi connectivity index (χ3v) is 1.80. The van der Waals surface area contributed by atoms with Crippen molar-refractivity contribution in [3.8, 4) is 0 Å². The Balaban J connectivity index is 2.30. The molecule has 1 N–H and O–H groups in total. The number of aromatic nitrogens is 2. The van der Waals surface area contributed by atoms with E-state index in [4.69, 9.17) is 0 Å². The summed E-state index contributed by atoms with van der Waals surface area (Å²) in [6.07, 6.45) is 2.30. The van der Waals surface area contributed by atoms with E-state index in [1.165, 1.54) is 0 Å². The molecule has 0 aliphatic heterocycles. The number of thiol groups is 1. The average Bonchev–Trinajstić information content (AvgIpc) is 2.49. The van der Waals surface area contributed by atoms with Gasteiger partial charge in [0.1, 0.15) is 0 Å². The van der Waals surface area contributed by atoms with Crippen molar-refractivity contribution >= 4 is 18.5 Å². The second kappa shape index (κ2) is 4.91. The van der Waals surface area contributed by atoms with Crippen LogP contribution in [0.1, 0.15) is 12.1 Å². The monoisotopic (exact) mass is 199 g/mol. The molecule has 1 rings (SSSR count). The fourth-order valence-electron chi connectivity index (χ4n) is 0.937. The first-order chi connectivity index (χ1) is 6.22. The smallest absolute Gasteiger partial charge is 0.221 e. The van der Waals surface area contributed by atoms with Crippen LogP contribution < -0.4 is 5.32 Å². The standard InChI is InChI=1S/C8H13N3OS/c1-11-4-2-7(10-11)6-9-8(12)3-5-13/h2,4,13H,3,5-6H2,1H3,(H,9,12). The molecule has 0 unspecified atom stereocenters. The first-order valence-electron chi connectivity index (χ1n) is 4.08. The van der Waals surface area contributed by atoms with E-state index in [9.17, 15) is 4.79 Å². The molecular formula is C8H13N3OS. The summed E-state index contributed by atoms with van der Waals surface area (Å²) in [7, 11) is 1.85. The molecule has 0 aliphatic rings. The molecular weight excluding hydrogens is 186 g/mol. The lowest BCUT2D eigenvalue weighted by Gasteiger charge is -2.00. The molecule has 0 radical (unpaired) electrons. The summed E-state index contributed by atoms with van der Waals surface area (Å²) >= 11 is 3.96. The van der Waals surface area contributed by atoms with Gasteiger partial charge in [-0.2, -0.15) is 17.7 Å². The highest BCUT2D eigenvalue weighted by Gasteiger charge is 2.00. The Bertz CT molecular complexity index is 285. The third kappa shape index (κ3) is 3.50. The van der Waals surface area contributed by atoms with E-state index < -0.39 is 0 Å². The zero-order valence-corrected chi connectivity index (χ0v) is 8.42. The lowest BCUT2D eigenvalue weighted by molar-refractivity contribution is -0.120. The van der Waals surface area contributed by atoms with Gasteiger partial charge < -0.3 is 5.32 Å². The summed E-state index contributed by atoms with van der Waals surface area (Å²) in [5.74, 6) is 0.592. The van der Waals surface area contributed by atoms with Gasteiger partial charge in [-0.05, 0) is 11.8 Å². The first kappa shape index (κ1) is 10.1. The molecule has 1 aromatic rings. The SMILES string of the molecule is Cn1ccc(CNC(=O)CCS)n1. The van der Waals surface area contributed by atoms with E-state index in [-0.39, 0.29) is 5.91 Å². The Morgan fingerprint density at radius 2 is 2.54 bits per heavy atom. The van der Waals surface area contributed by atoms with Crippen molar-refractivity contribution in [3.63, 3.8) is 0 Å². The van der Waals surface area contributed by atoms with Gasteiger partial charge in [0.05, 0.1) is 12.2 Å². The Kier molecular flexibility index (Phi) is 3.82. The number of amides is 1. The predicted octanol–water partition coefficient (Wildman–Crippen LogP) is 0.356. The van der Waals surface area contributed by atoms with E-state index in [2.05, 4.69) is 23.0 Å². The second-order valence-electron chi connectivity index (χ2n) is 2.73. The quantitative estimate of drug-likeness (QED) is 0.688. The van der Waals surface area contributed by atoms with Crippen LogP contribution in [0, 0.1) is 0 Å². The van der Waals surface area contributed by atoms with E-state index in [0.717, 1.165) is 5.69 Å². The maximum absolute atomic E-state index is 11.0. The van der Waals surface area contributed by atoms with Gasteiger partial charge in [-0.1, -0.05) is 0 Å². The molecule has 1 amide bonds. The summed E-state index contributed by atoms with van der Waals surface area (Å²) in [5, 5.41) is 6.88. The van der Waals surface area contributed by atoms with Crippen LogP contribution in [-0.2, 0) is 18.4 Å². The van der Waals surface area contributed by atoms with Crippen LogP contribution in [0.4, 0.5) is 0 Å². The van der Waals surface area contributed by atoms with Crippen molar-refractivity contribution in [1.29, 1.82) is 0 Å². The molecule has 0 atom stereocenters. The van der Waals surface area contributed by atoms with Crippen LogP contribution in [0.2, 0.25) is 0 Å². The van der Waals surface area contributed by atoms with E-state index >= 15 is 0 Å². The van der Waals surface area contributed by atoms with Gasteiger partial charge in [0, 0.05) is 19.7 Å². The molecule has 0 spiro atoms. The Morgan fingerprint density at radius 3 is 3.08 bits per heavy atom. The Hall–Kier alpha value is -0.970. The highest BCUT2D eigenvalue weighted by molar-refractivity contribution is 7.80. The summed E-state index contributed by atoms with van der Waals surface area (Å²) in [4.78, 5) is 11.0. The number of nitrogens with zero attached hydrogens (tertiary/aromatic N) is 2. The highest BCUT2D eigenvalue weighted by atomic mass is 32.1. The molecule has 72 valence electrons. The maximum Gasteiger partial charge on any atom is 0.221 e.